The zero-order valence-electron chi connectivity index (χ0n) is 15.7. The highest BCUT2D eigenvalue weighted by atomic mass is 32.2. The van der Waals surface area contributed by atoms with Crippen molar-refractivity contribution in [1.82, 2.24) is 10.3 Å². The summed E-state index contributed by atoms with van der Waals surface area (Å²) in [5, 5.41) is 6.46. The van der Waals surface area contributed by atoms with Gasteiger partial charge in [0.1, 0.15) is 5.03 Å². The molecule has 1 aromatic heterocycles. The highest BCUT2D eigenvalue weighted by molar-refractivity contribution is 7.98. The molecule has 6 heteroatoms. The highest BCUT2D eigenvalue weighted by Crippen LogP contribution is 2.21. The first-order valence-corrected chi connectivity index (χ1v) is 10.1. The van der Waals surface area contributed by atoms with E-state index in [0.29, 0.717) is 21.8 Å². The van der Waals surface area contributed by atoms with Crippen LogP contribution in [0.5, 0.6) is 0 Å². The van der Waals surface area contributed by atoms with E-state index < -0.39 is 0 Å². The van der Waals surface area contributed by atoms with Crippen molar-refractivity contribution in [2.24, 2.45) is 0 Å². The van der Waals surface area contributed by atoms with Crippen LogP contribution in [0.15, 0.2) is 78.0 Å². The molecule has 0 saturated carbocycles. The van der Waals surface area contributed by atoms with Crippen LogP contribution in [0.3, 0.4) is 0 Å². The molecular weight excluding hydrogens is 370 g/mol. The standard InChI is InChI=1S/C22H21N3O2S/c1-15(16-9-4-3-5-10-16)24-20(26)17-11-6-7-13-19(17)25-21(27)18-12-8-14-23-22(18)28-2/h3-15H,1-2H3,(H,24,26)(H,25,27)/t15-/m0/s1. The molecule has 0 unspecified atom stereocenters. The Morgan fingerprint density at radius 1 is 0.893 bits per heavy atom. The molecule has 28 heavy (non-hydrogen) atoms. The number of para-hydroxylation sites is 1. The second kappa shape index (κ2) is 9.19. The number of carbonyl (C=O) groups is 2. The van der Waals surface area contributed by atoms with Crippen LogP contribution in [0, 0.1) is 0 Å². The summed E-state index contributed by atoms with van der Waals surface area (Å²) in [5.41, 5.74) is 2.36. The molecule has 2 amide bonds. The van der Waals surface area contributed by atoms with Crippen molar-refractivity contribution in [3.05, 3.63) is 89.6 Å². The highest BCUT2D eigenvalue weighted by Gasteiger charge is 2.18. The number of hydrogen-bond acceptors (Lipinski definition) is 4. The van der Waals surface area contributed by atoms with Crippen molar-refractivity contribution in [3.8, 4) is 0 Å². The number of benzene rings is 2. The number of carbonyl (C=O) groups excluding carboxylic acids is 2. The van der Waals surface area contributed by atoms with E-state index in [-0.39, 0.29) is 17.9 Å². The van der Waals surface area contributed by atoms with Gasteiger partial charge in [-0.15, -0.1) is 11.8 Å². The van der Waals surface area contributed by atoms with Gasteiger partial charge in [-0.3, -0.25) is 9.59 Å². The summed E-state index contributed by atoms with van der Waals surface area (Å²) >= 11 is 1.40. The Hall–Kier alpha value is -3.12. The molecule has 1 atom stereocenters. The van der Waals surface area contributed by atoms with Crippen LogP contribution in [0.1, 0.15) is 39.2 Å². The van der Waals surface area contributed by atoms with Gasteiger partial charge >= 0.3 is 0 Å². The van der Waals surface area contributed by atoms with Crippen LogP contribution in [0.2, 0.25) is 0 Å². The number of nitrogens with zero attached hydrogens (tertiary/aromatic N) is 1. The summed E-state index contributed by atoms with van der Waals surface area (Å²) in [6, 6.07) is 20.0. The molecule has 1 heterocycles. The van der Waals surface area contributed by atoms with E-state index in [0.717, 1.165) is 5.56 Å². The van der Waals surface area contributed by atoms with Crippen molar-refractivity contribution >= 4 is 29.3 Å². The van der Waals surface area contributed by atoms with Crippen molar-refractivity contribution in [3.63, 3.8) is 0 Å². The first kappa shape index (κ1) is 19.6. The molecule has 0 radical (unpaired) electrons. The molecule has 3 aromatic rings. The molecule has 0 saturated heterocycles. The van der Waals surface area contributed by atoms with Crippen LogP contribution in [-0.4, -0.2) is 23.1 Å². The minimum absolute atomic E-state index is 0.154. The lowest BCUT2D eigenvalue weighted by molar-refractivity contribution is 0.0941. The maximum Gasteiger partial charge on any atom is 0.258 e. The third-order valence-electron chi connectivity index (χ3n) is 4.28. The lowest BCUT2D eigenvalue weighted by atomic mass is 10.1. The van der Waals surface area contributed by atoms with Gasteiger partial charge in [0.15, 0.2) is 0 Å². The minimum Gasteiger partial charge on any atom is -0.345 e. The van der Waals surface area contributed by atoms with Crippen LogP contribution >= 0.6 is 11.8 Å². The summed E-state index contributed by atoms with van der Waals surface area (Å²) in [6.45, 7) is 1.93. The second-order valence-corrected chi connectivity index (χ2v) is 6.96. The largest absolute Gasteiger partial charge is 0.345 e. The van der Waals surface area contributed by atoms with Gasteiger partial charge in [-0.2, -0.15) is 0 Å². The van der Waals surface area contributed by atoms with Gasteiger partial charge in [0.2, 0.25) is 0 Å². The number of pyridine rings is 1. The maximum atomic E-state index is 12.8. The van der Waals surface area contributed by atoms with Crippen molar-refractivity contribution in [2.75, 3.05) is 11.6 Å². The summed E-state index contributed by atoms with van der Waals surface area (Å²) in [5.74, 6) is -0.544. The third-order valence-corrected chi connectivity index (χ3v) is 4.99. The van der Waals surface area contributed by atoms with Gasteiger partial charge in [0, 0.05) is 6.20 Å². The quantitative estimate of drug-likeness (QED) is 0.605. The van der Waals surface area contributed by atoms with Crippen molar-refractivity contribution in [2.45, 2.75) is 18.0 Å². The van der Waals surface area contributed by atoms with Gasteiger partial charge in [-0.1, -0.05) is 42.5 Å². The number of amides is 2. The molecule has 0 aliphatic carbocycles. The van der Waals surface area contributed by atoms with Gasteiger partial charge < -0.3 is 10.6 Å². The van der Waals surface area contributed by atoms with E-state index in [2.05, 4.69) is 15.6 Å². The lowest BCUT2D eigenvalue weighted by Gasteiger charge is -2.16. The molecule has 2 N–H and O–H groups in total. The van der Waals surface area contributed by atoms with Crippen LogP contribution in [0.25, 0.3) is 0 Å². The first-order chi connectivity index (χ1) is 13.6. The van der Waals surface area contributed by atoms with Crippen LogP contribution in [-0.2, 0) is 0 Å². The first-order valence-electron chi connectivity index (χ1n) is 8.85. The Morgan fingerprint density at radius 2 is 1.57 bits per heavy atom. The average Bonchev–Trinajstić information content (AvgIpc) is 2.74. The number of anilines is 1. The smallest absolute Gasteiger partial charge is 0.258 e. The predicted octanol–water partition coefficient (Wildman–Crippen LogP) is 4.55. The van der Waals surface area contributed by atoms with E-state index in [4.69, 9.17) is 0 Å². The monoisotopic (exact) mass is 391 g/mol. The predicted molar refractivity (Wildman–Crippen MR) is 113 cm³/mol. The topological polar surface area (TPSA) is 71.1 Å². The van der Waals surface area contributed by atoms with E-state index in [1.807, 2.05) is 43.5 Å². The van der Waals surface area contributed by atoms with Crippen molar-refractivity contribution in [1.29, 1.82) is 0 Å². The fraction of sp³-hybridized carbons (Fsp3) is 0.136. The van der Waals surface area contributed by atoms with Gasteiger partial charge in [-0.25, -0.2) is 4.98 Å². The van der Waals surface area contributed by atoms with Gasteiger partial charge in [0.25, 0.3) is 11.8 Å². The Kier molecular flexibility index (Phi) is 6.45. The molecule has 0 aliphatic heterocycles. The SMILES string of the molecule is CSc1ncccc1C(=O)Nc1ccccc1C(=O)N[C@@H](C)c1ccccc1. The number of thioether (sulfide) groups is 1. The molecule has 0 aliphatic rings. The Labute approximate surface area is 168 Å². The van der Waals surface area contributed by atoms with Gasteiger partial charge in [0.05, 0.1) is 22.9 Å². The molecule has 0 fully saturated rings. The van der Waals surface area contributed by atoms with E-state index in [1.54, 1.807) is 42.6 Å². The van der Waals surface area contributed by atoms with E-state index in [9.17, 15) is 9.59 Å². The lowest BCUT2D eigenvalue weighted by Crippen LogP contribution is -2.28. The Bertz CT molecular complexity index is 976. The average molecular weight is 391 g/mol. The fourth-order valence-electron chi connectivity index (χ4n) is 2.81. The van der Waals surface area contributed by atoms with Crippen molar-refractivity contribution < 1.29 is 9.59 Å². The van der Waals surface area contributed by atoms with Crippen LogP contribution in [0.4, 0.5) is 5.69 Å². The summed E-state index contributed by atoms with van der Waals surface area (Å²) in [6.07, 6.45) is 3.51. The number of nitrogens with one attached hydrogen (secondary N) is 2. The molecule has 0 bridgehead atoms. The summed E-state index contributed by atoms with van der Waals surface area (Å²) in [4.78, 5) is 29.7. The Morgan fingerprint density at radius 3 is 2.32 bits per heavy atom. The third kappa shape index (κ3) is 4.58. The zero-order chi connectivity index (χ0) is 19.9. The molecular formula is C22H21N3O2S. The maximum absolute atomic E-state index is 12.8. The molecule has 3 rings (SSSR count). The fourth-order valence-corrected chi connectivity index (χ4v) is 3.35. The molecule has 2 aromatic carbocycles. The minimum atomic E-state index is -0.297. The summed E-state index contributed by atoms with van der Waals surface area (Å²) in [7, 11) is 0. The normalized spacial score (nSPS) is 11.5. The molecule has 0 spiro atoms. The van der Waals surface area contributed by atoms with E-state index in [1.165, 1.54) is 11.8 Å². The molecule has 142 valence electrons. The van der Waals surface area contributed by atoms with E-state index >= 15 is 0 Å². The number of aromatic nitrogens is 1. The number of hydrogen-bond donors (Lipinski definition) is 2. The number of rotatable bonds is 6. The Balaban J connectivity index is 1.79. The van der Waals surface area contributed by atoms with Gasteiger partial charge in [-0.05, 0) is 43.0 Å². The molecule has 5 nitrogen and oxygen atoms in total. The summed E-state index contributed by atoms with van der Waals surface area (Å²) < 4.78 is 0. The van der Waals surface area contributed by atoms with Crippen LogP contribution < -0.4 is 10.6 Å². The zero-order valence-corrected chi connectivity index (χ0v) is 16.5. The second-order valence-electron chi connectivity index (χ2n) is 6.17.